The van der Waals surface area contributed by atoms with Crippen LogP contribution in [0.25, 0.3) is 11.5 Å². The van der Waals surface area contributed by atoms with Crippen molar-refractivity contribution in [2.45, 2.75) is 12.2 Å². The van der Waals surface area contributed by atoms with Gasteiger partial charge in [-0.2, -0.15) is 10.2 Å². The van der Waals surface area contributed by atoms with Gasteiger partial charge in [0.25, 0.3) is 5.89 Å². The van der Waals surface area contributed by atoms with Crippen LogP contribution in [0, 0.1) is 11.3 Å². The lowest BCUT2D eigenvalue weighted by atomic mass is 10.1. The molecule has 7 heteroatoms. The molecule has 1 aromatic carbocycles. The van der Waals surface area contributed by atoms with Crippen LogP contribution in [-0.4, -0.2) is 24.8 Å². The van der Waals surface area contributed by atoms with Crippen molar-refractivity contribution in [1.29, 1.82) is 5.26 Å². The summed E-state index contributed by atoms with van der Waals surface area (Å²) in [4.78, 5) is 4.04. The van der Waals surface area contributed by atoms with E-state index in [2.05, 4.69) is 16.2 Å². The standard InChI is InChI=1S/C12H11N3O3S/c1-19(16,17)8-11-14-12(18-15-11)10-5-3-2-4-9(10)6-7-13/h2-5H,6,8H2,1H3. The van der Waals surface area contributed by atoms with Gasteiger partial charge in [-0.25, -0.2) is 8.42 Å². The predicted molar refractivity (Wildman–Crippen MR) is 67.6 cm³/mol. The summed E-state index contributed by atoms with van der Waals surface area (Å²) in [7, 11) is -3.20. The molecule has 0 aliphatic heterocycles. The fraction of sp³-hybridized carbons (Fsp3) is 0.250. The number of sulfone groups is 1. The molecule has 1 heterocycles. The number of hydrogen-bond donors (Lipinski definition) is 0. The molecule has 0 aliphatic carbocycles. The summed E-state index contributed by atoms with van der Waals surface area (Å²) in [5, 5.41) is 12.4. The minimum Gasteiger partial charge on any atom is -0.334 e. The van der Waals surface area contributed by atoms with E-state index in [0.717, 1.165) is 11.8 Å². The molecular formula is C12H11N3O3S. The predicted octanol–water partition coefficient (Wildman–Crippen LogP) is 1.35. The van der Waals surface area contributed by atoms with Gasteiger partial charge < -0.3 is 4.52 Å². The molecule has 1 aromatic heterocycles. The Labute approximate surface area is 110 Å². The number of nitrogens with zero attached hydrogens (tertiary/aromatic N) is 3. The molecular weight excluding hydrogens is 266 g/mol. The van der Waals surface area contributed by atoms with Gasteiger partial charge in [0.15, 0.2) is 15.7 Å². The number of rotatable bonds is 4. The van der Waals surface area contributed by atoms with E-state index in [4.69, 9.17) is 9.78 Å². The maximum atomic E-state index is 11.2. The van der Waals surface area contributed by atoms with Crippen LogP contribution in [0.2, 0.25) is 0 Å². The van der Waals surface area contributed by atoms with Crippen molar-refractivity contribution in [3.05, 3.63) is 35.7 Å². The van der Waals surface area contributed by atoms with Crippen LogP contribution < -0.4 is 0 Å². The minimum absolute atomic E-state index is 0.115. The van der Waals surface area contributed by atoms with Crippen LogP contribution in [0.4, 0.5) is 0 Å². The van der Waals surface area contributed by atoms with Crippen molar-refractivity contribution in [2.24, 2.45) is 0 Å². The smallest absolute Gasteiger partial charge is 0.258 e. The molecule has 0 atom stereocenters. The Bertz CT molecular complexity index is 729. The Balaban J connectivity index is 2.36. The summed E-state index contributed by atoms with van der Waals surface area (Å²) in [6.45, 7) is 0. The highest BCUT2D eigenvalue weighted by Crippen LogP contribution is 2.22. The zero-order chi connectivity index (χ0) is 13.9. The molecule has 0 radical (unpaired) electrons. The second-order valence-electron chi connectivity index (χ2n) is 4.08. The maximum Gasteiger partial charge on any atom is 0.258 e. The molecule has 0 spiro atoms. The topological polar surface area (TPSA) is 96.9 Å². The van der Waals surface area contributed by atoms with Crippen molar-refractivity contribution < 1.29 is 12.9 Å². The first kappa shape index (κ1) is 13.2. The molecule has 0 aliphatic rings. The molecule has 0 bridgehead atoms. The highest BCUT2D eigenvalue weighted by Gasteiger charge is 2.15. The SMILES string of the molecule is CS(=O)(=O)Cc1noc(-c2ccccc2CC#N)n1. The third-order valence-electron chi connectivity index (χ3n) is 2.38. The van der Waals surface area contributed by atoms with Gasteiger partial charge in [-0.15, -0.1) is 0 Å². The maximum absolute atomic E-state index is 11.2. The molecule has 19 heavy (non-hydrogen) atoms. The van der Waals surface area contributed by atoms with Gasteiger partial charge in [-0.3, -0.25) is 0 Å². The summed E-state index contributed by atoms with van der Waals surface area (Å²) < 4.78 is 27.4. The van der Waals surface area contributed by atoms with Crippen LogP contribution in [0.1, 0.15) is 11.4 Å². The summed E-state index contributed by atoms with van der Waals surface area (Å²) in [5.74, 6) is 0.0745. The monoisotopic (exact) mass is 277 g/mol. The van der Waals surface area contributed by atoms with Crippen molar-refractivity contribution in [1.82, 2.24) is 10.1 Å². The normalized spacial score (nSPS) is 11.2. The van der Waals surface area contributed by atoms with Crippen LogP contribution in [0.15, 0.2) is 28.8 Å². The van der Waals surface area contributed by atoms with E-state index in [1.54, 1.807) is 18.2 Å². The van der Waals surface area contributed by atoms with E-state index >= 15 is 0 Å². The Hall–Kier alpha value is -2.20. The van der Waals surface area contributed by atoms with Gasteiger partial charge in [0.1, 0.15) is 5.75 Å². The Morgan fingerprint density at radius 1 is 1.37 bits per heavy atom. The van der Waals surface area contributed by atoms with Gasteiger partial charge in [-0.05, 0) is 11.6 Å². The fourth-order valence-corrected chi connectivity index (χ4v) is 2.21. The molecule has 98 valence electrons. The molecule has 2 aromatic rings. The second-order valence-corrected chi connectivity index (χ2v) is 6.22. The second kappa shape index (κ2) is 5.20. The van der Waals surface area contributed by atoms with E-state index in [1.165, 1.54) is 0 Å². The Kier molecular flexibility index (Phi) is 3.62. The van der Waals surface area contributed by atoms with E-state index < -0.39 is 9.84 Å². The van der Waals surface area contributed by atoms with Crippen LogP contribution >= 0.6 is 0 Å². The van der Waals surface area contributed by atoms with Crippen LogP contribution in [0.3, 0.4) is 0 Å². The first-order valence-corrected chi connectivity index (χ1v) is 7.51. The third-order valence-corrected chi connectivity index (χ3v) is 3.16. The van der Waals surface area contributed by atoms with E-state index in [1.807, 2.05) is 6.07 Å². The minimum atomic E-state index is -3.20. The molecule has 0 unspecified atom stereocenters. The van der Waals surface area contributed by atoms with Gasteiger partial charge in [0.2, 0.25) is 0 Å². The summed E-state index contributed by atoms with van der Waals surface area (Å²) in [6.07, 6.45) is 1.33. The molecule has 0 amide bonds. The van der Waals surface area contributed by atoms with E-state index in [-0.39, 0.29) is 23.9 Å². The van der Waals surface area contributed by atoms with Crippen molar-refractivity contribution >= 4 is 9.84 Å². The van der Waals surface area contributed by atoms with Crippen molar-refractivity contribution in [3.8, 4) is 17.5 Å². The molecule has 0 N–H and O–H groups in total. The van der Waals surface area contributed by atoms with E-state index in [9.17, 15) is 8.42 Å². The first-order valence-electron chi connectivity index (χ1n) is 5.45. The molecule has 0 saturated carbocycles. The van der Waals surface area contributed by atoms with Gasteiger partial charge >= 0.3 is 0 Å². The van der Waals surface area contributed by atoms with Gasteiger partial charge in [0, 0.05) is 11.8 Å². The Morgan fingerprint density at radius 2 is 2.11 bits per heavy atom. The largest absolute Gasteiger partial charge is 0.334 e. The summed E-state index contributed by atoms with van der Waals surface area (Å²) >= 11 is 0. The van der Waals surface area contributed by atoms with Crippen molar-refractivity contribution in [2.75, 3.05) is 6.26 Å². The molecule has 0 saturated heterocycles. The number of hydrogen-bond acceptors (Lipinski definition) is 6. The summed E-state index contributed by atoms with van der Waals surface area (Å²) in [5.41, 5.74) is 1.41. The lowest BCUT2D eigenvalue weighted by molar-refractivity contribution is 0.424. The van der Waals surface area contributed by atoms with Crippen molar-refractivity contribution in [3.63, 3.8) is 0 Å². The number of benzene rings is 1. The fourth-order valence-electron chi connectivity index (χ4n) is 1.62. The first-order chi connectivity index (χ1) is 8.99. The molecule has 6 nitrogen and oxygen atoms in total. The zero-order valence-electron chi connectivity index (χ0n) is 10.2. The Morgan fingerprint density at radius 3 is 2.79 bits per heavy atom. The van der Waals surface area contributed by atoms with Crippen LogP contribution in [-0.2, 0) is 22.0 Å². The highest BCUT2D eigenvalue weighted by atomic mass is 32.2. The quantitative estimate of drug-likeness (QED) is 0.836. The molecule has 2 rings (SSSR count). The lowest BCUT2D eigenvalue weighted by Gasteiger charge is -2.00. The van der Waals surface area contributed by atoms with Gasteiger partial charge in [-0.1, -0.05) is 23.4 Å². The lowest BCUT2D eigenvalue weighted by Crippen LogP contribution is -2.02. The number of nitriles is 1. The highest BCUT2D eigenvalue weighted by molar-refractivity contribution is 7.89. The summed E-state index contributed by atoms with van der Waals surface area (Å²) in [6, 6.07) is 9.20. The van der Waals surface area contributed by atoms with E-state index in [0.29, 0.717) is 5.56 Å². The van der Waals surface area contributed by atoms with Crippen LogP contribution in [0.5, 0.6) is 0 Å². The number of aromatic nitrogens is 2. The average Bonchev–Trinajstić information content (AvgIpc) is 2.76. The molecule has 0 fully saturated rings. The zero-order valence-corrected chi connectivity index (χ0v) is 11.0. The third kappa shape index (κ3) is 3.39. The van der Waals surface area contributed by atoms with Gasteiger partial charge in [0.05, 0.1) is 12.5 Å². The average molecular weight is 277 g/mol.